The summed E-state index contributed by atoms with van der Waals surface area (Å²) in [6.07, 6.45) is 0.842. The van der Waals surface area contributed by atoms with Gasteiger partial charge >= 0.3 is 0 Å². The predicted molar refractivity (Wildman–Crippen MR) is 72.3 cm³/mol. The summed E-state index contributed by atoms with van der Waals surface area (Å²) >= 11 is 0. The molecule has 0 saturated carbocycles. The molecule has 0 aromatic carbocycles. The monoisotopic (exact) mass is 315 g/mol. The molecule has 2 fully saturated rings. The fourth-order valence-electron chi connectivity index (χ4n) is 2.37. The molecule has 2 aliphatic rings. The number of aliphatic hydroxyl groups is 1. The van der Waals surface area contributed by atoms with Crippen molar-refractivity contribution < 1.29 is 23.1 Å². The topological polar surface area (TPSA) is 103 Å². The van der Waals surface area contributed by atoms with Crippen molar-refractivity contribution in [1.29, 1.82) is 0 Å². The van der Waals surface area contributed by atoms with Gasteiger partial charge in [-0.25, -0.2) is 8.42 Å². The van der Waals surface area contributed by atoms with Crippen LogP contribution >= 0.6 is 0 Å². The summed E-state index contributed by atoms with van der Waals surface area (Å²) in [4.78, 5) is 16.3. The molecule has 1 aromatic heterocycles. The Morgan fingerprint density at radius 2 is 2.00 bits per heavy atom. The molecule has 0 bridgehead atoms. The molecule has 3 rings (SSSR count). The number of likely N-dealkylation sites (tertiary alicyclic amines) is 1. The summed E-state index contributed by atoms with van der Waals surface area (Å²) in [5.41, 5.74) is 0.216. The van der Waals surface area contributed by atoms with Gasteiger partial charge in [0.05, 0.1) is 19.3 Å². The number of H-pyrrole nitrogens is 1. The minimum Gasteiger partial charge on any atom is -0.389 e. The number of rotatable bonds is 3. The highest BCUT2D eigenvalue weighted by molar-refractivity contribution is 7.89. The molecule has 0 atom stereocenters. The van der Waals surface area contributed by atoms with Crippen LogP contribution in [0.4, 0.5) is 0 Å². The van der Waals surface area contributed by atoms with Gasteiger partial charge in [0, 0.05) is 32.4 Å². The number of amides is 1. The Morgan fingerprint density at radius 1 is 1.33 bits per heavy atom. The third-order valence-electron chi connectivity index (χ3n) is 3.64. The maximum Gasteiger partial charge on any atom is 0.270 e. The van der Waals surface area contributed by atoms with Crippen LogP contribution in [-0.2, 0) is 14.8 Å². The standard InChI is InChI=1S/C12H17N3O5S/c16-9-7-14(8-9)12(17)11-5-10(6-13-11)21(18,19)15-1-3-20-4-2-15/h5-6,9,13,16H,1-4,7-8H2. The number of carbonyl (C=O) groups is 1. The van der Waals surface area contributed by atoms with Gasteiger partial charge in [0.15, 0.2) is 0 Å². The number of morpholine rings is 1. The van der Waals surface area contributed by atoms with E-state index in [-0.39, 0.29) is 29.6 Å². The minimum atomic E-state index is -3.60. The molecule has 8 nitrogen and oxygen atoms in total. The van der Waals surface area contributed by atoms with Crippen molar-refractivity contribution in [3.8, 4) is 0 Å². The number of ether oxygens (including phenoxy) is 1. The number of sulfonamides is 1. The Morgan fingerprint density at radius 3 is 2.62 bits per heavy atom. The first-order valence-corrected chi connectivity index (χ1v) is 8.16. The third-order valence-corrected chi connectivity index (χ3v) is 5.52. The SMILES string of the molecule is O=C(c1cc(S(=O)(=O)N2CCOCC2)c[nH]1)N1CC(O)C1. The zero-order valence-electron chi connectivity index (χ0n) is 11.4. The number of β-amino-alcohol motifs (C(OH)–C–C–N with tert-alkyl or cyclic N) is 1. The first-order chi connectivity index (χ1) is 9.98. The molecule has 3 heterocycles. The maximum absolute atomic E-state index is 12.4. The largest absolute Gasteiger partial charge is 0.389 e. The Balaban J connectivity index is 1.76. The first kappa shape index (κ1) is 14.5. The van der Waals surface area contributed by atoms with Crippen molar-refractivity contribution in [3.63, 3.8) is 0 Å². The predicted octanol–water partition coefficient (Wildman–Crippen LogP) is -1.15. The second-order valence-corrected chi connectivity index (χ2v) is 7.07. The normalized spacial score (nSPS) is 21.3. The molecule has 2 aliphatic heterocycles. The molecule has 2 saturated heterocycles. The number of aliphatic hydroxyl groups excluding tert-OH is 1. The van der Waals surface area contributed by atoms with Crippen molar-refractivity contribution in [3.05, 3.63) is 18.0 Å². The fourth-order valence-corrected chi connectivity index (χ4v) is 3.78. The number of aromatic amines is 1. The van der Waals surface area contributed by atoms with Crippen molar-refractivity contribution in [2.24, 2.45) is 0 Å². The molecule has 0 unspecified atom stereocenters. The molecule has 1 aromatic rings. The van der Waals surface area contributed by atoms with E-state index < -0.39 is 16.1 Å². The van der Waals surface area contributed by atoms with Gasteiger partial charge in [-0.15, -0.1) is 0 Å². The van der Waals surface area contributed by atoms with Crippen LogP contribution < -0.4 is 0 Å². The van der Waals surface area contributed by atoms with Crippen LogP contribution in [0.1, 0.15) is 10.5 Å². The molecule has 21 heavy (non-hydrogen) atoms. The molecule has 0 aliphatic carbocycles. The van der Waals surface area contributed by atoms with Crippen molar-refractivity contribution in [2.75, 3.05) is 39.4 Å². The second-order valence-electron chi connectivity index (χ2n) is 5.13. The number of carbonyl (C=O) groups excluding carboxylic acids is 1. The van der Waals surface area contributed by atoms with E-state index in [2.05, 4.69) is 4.98 Å². The summed E-state index contributed by atoms with van der Waals surface area (Å²) in [5.74, 6) is -0.302. The smallest absolute Gasteiger partial charge is 0.270 e. The average Bonchev–Trinajstić information content (AvgIpc) is 2.95. The highest BCUT2D eigenvalue weighted by atomic mass is 32.2. The minimum absolute atomic E-state index is 0.0776. The molecular formula is C12H17N3O5S. The van der Waals surface area contributed by atoms with Crippen LogP contribution in [0, 0.1) is 0 Å². The number of nitrogens with one attached hydrogen (secondary N) is 1. The number of nitrogens with zero attached hydrogens (tertiary/aromatic N) is 2. The van der Waals surface area contributed by atoms with Crippen LogP contribution in [0.5, 0.6) is 0 Å². The Labute approximate surface area is 122 Å². The molecule has 2 N–H and O–H groups in total. The van der Waals surface area contributed by atoms with E-state index in [0.717, 1.165) is 0 Å². The van der Waals surface area contributed by atoms with E-state index in [1.165, 1.54) is 21.5 Å². The third kappa shape index (κ3) is 2.69. The Bertz CT molecular complexity index is 629. The number of aromatic nitrogens is 1. The highest BCUT2D eigenvalue weighted by Crippen LogP contribution is 2.20. The van der Waals surface area contributed by atoms with Gasteiger partial charge in [-0.05, 0) is 6.07 Å². The summed E-state index contributed by atoms with van der Waals surface area (Å²) in [6.45, 7) is 1.94. The number of hydrogen-bond donors (Lipinski definition) is 2. The van der Waals surface area contributed by atoms with Gasteiger partial charge in [0.25, 0.3) is 5.91 Å². The van der Waals surface area contributed by atoms with Gasteiger partial charge < -0.3 is 19.7 Å². The van der Waals surface area contributed by atoms with Gasteiger partial charge in [-0.3, -0.25) is 4.79 Å². The molecule has 9 heteroatoms. The molecule has 0 radical (unpaired) electrons. The molecule has 1 amide bonds. The van der Waals surface area contributed by atoms with Crippen molar-refractivity contribution in [1.82, 2.24) is 14.2 Å². The van der Waals surface area contributed by atoms with Crippen LogP contribution in [-0.4, -0.2) is 79.1 Å². The van der Waals surface area contributed by atoms with E-state index >= 15 is 0 Å². The van der Waals surface area contributed by atoms with E-state index in [9.17, 15) is 18.3 Å². The van der Waals surface area contributed by atoms with Crippen LogP contribution in [0.15, 0.2) is 17.2 Å². The Kier molecular flexibility index (Phi) is 3.74. The summed E-state index contributed by atoms with van der Waals surface area (Å²) in [5, 5.41) is 9.20. The fraction of sp³-hybridized carbons (Fsp3) is 0.583. The Hall–Kier alpha value is -1.42. The van der Waals surface area contributed by atoms with Gasteiger partial charge in [0.2, 0.25) is 10.0 Å². The lowest BCUT2D eigenvalue weighted by molar-refractivity contribution is 0.00554. The van der Waals surface area contributed by atoms with E-state index in [1.807, 2.05) is 0 Å². The van der Waals surface area contributed by atoms with E-state index in [4.69, 9.17) is 4.74 Å². The van der Waals surface area contributed by atoms with E-state index in [1.54, 1.807) is 0 Å². The van der Waals surface area contributed by atoms with Gasteiger partial charge in [-0.2, -0.15) is 4.31 Å². The highest BCUT2D eigenvalue weighted by Gasteiger charge is 2.32. The molecule has 116 valence electrons. The van der Waals surface area contributed by atoms with E-state index in [0.29, 0.717) is 26.3 Å². The van der Waals surface area contributed by atoms with Gasteiger partial charge in [-0.1, -0.05) is 0 Å². The number of hydrogen-bond acceptors (Lipinski definition) is 5. The molecular weight excluding hydrogens is 298 g/mol. The maximum atomic E-state index is 12.4. The summed E-state index contributed by atoms with van der Waals surface area (Å²) in [6, 6.07) is 1.35. The average molecular weight is 315 g/mol. The van der Waals surface area contributed by atoms with Crippen molar-refractivity contribution in [2.45, 2.75) is 11.0 Å². The lowest BCUT2D eigenvalue weighted by atomic mass is 10.1. The summed E-state index contributed by atoms with van der Waals surface area (Å²) < 4.78 is 31.3. The zero-order valence-corrected chi connectivity index (χ0v) is 12.2. The van der Waals surface area contributed by atoms with Crippen LogP contribution in [0.25, 0.3) is 0 Å². The van der Waals surface area contributed by atoms with Crippen LogP contribution in [0.3, 0.4) is 0 Å². The first-order valence-electron chi connectivity index (χ1n) is 6.72. The van der Waals surface area contributed by atoms with Gasteiger partial charge in [0.1, 0.15) is 10.6 Å². The van der Waals surface area contributed by atoms with Crippen molar-refractivity contribution >= 4 is 15.9 Å². The van der Waals surface area contributed by atoms with Crippen LogP contribution in [0.2, 0.25) is 0 Å². The lowest BCUT2D eigenvalue weighted by Gasteiger charge is -2.35. The second kappa shape index (κ2) is 5.41. The summed E-state index contributed by atoms with van der Waals surface area (Å²) in [7, 11) is -3.60. The lowest BCUT2D eigenvalue weighted by Crippen LogP contribution is -2.53. The zero-order chi connectivity index (χ0) is 15.0. The quantitative estimate of drug-likeness (QED) is 0.733. The molecule has 0 spiro atoms.